The fourth-order valence-electron chi connectivity index (χ4n) is 3.99. The molecule has 4 heteroatoms. The maximum atomic E-state index is 12.5. The Morgan fingerprint density at radius 2 is 1.47 bits per heavy atom. The number of aryl methyl sites for hydroxylation is 2. The minimum absolute atomic E-state index is 0.0472. The number of hydrogen-bond acceptors (Lipinski definition) is 3. The summed E-state index contributed by atoms with van der Waals surface area (Å²) in [5, 5.41) is 13.5. The second kappa shape index (κ2) is 11.1. The van der Waals surface area contributed by atoms with Gasteiger partial charge in [0.05, 0.1) is 0 Å². The predicted molar refractivity (Wildman–Crippen MR) is 143 cm³/mol. The van der Waals surface area contributed by atoms with Crippen molar-refractivity contribution in [3.05, 3.63) is 102 Å². The van der Waals surface area contributed by atoms with Crippen LogP contribution in [0.1, 0.15) is 24.0 Å². The van der Waals surface area contributed by atoms with E-state index in [4.69, 9.17) is 0 Å². The Hall–Kier alpha value is -3.50. The molecule has 0 aliphatic rings. The zero-order valence-electron chi connectivity index (χ0n) is 19.5. The van der Waals surface area contributed by atoms with Gasteiger partial charge in [-0.05, 0) is 78.1 Å². The van der Waals surface area contributed by atoms with Crippen molar-refractivity contribution >= 4 is 23.4 Å². The first-order valence-electron chi connectivity index (χ1n) is 11.5. The van der Waals surface area contributed by atoms with Crippen LogP contribution in [0.5, 0.6) is 5.75 Å². The number of rotatable bonds is 8. The van der Waals surface area contributed by atoms with Gasteiger partial charge in [0.1, 0.15) is 5.75 Å². The molecule has 0 spiro atoms. The Morgan fingerprint density at radius 3 is 2.21 bits per heavy atom. The highest BCUT2D eigenvalue weighted by molar-refractivity contribution is 7.99. The number of nitrogens with one attached hydrogen (secondary N) is 1. The first kappa shape index (κ1) is 23.7. The molecule has 0 bridgehead atoms. The third-order valence-corrected chi connectivity index (χ3v) is 6.85. The number of phenols is 1. The maximum Gasteiger partial charge on any atom is 0.224 e. The quantitative estimate of drug-likeness (QED) is 0.205. The Morgan fingerprint density at radius 1 is 0.794 bits per heavy atom. The number of phenolic OH excluding ortho intramolecular Hbond substituents is 1. The van der Waals surface area contributed by atoms with E-state index in [-0.39, 0.29) is 11.7 Å². The topological polar surface area (TPSA) is 49.3 Å². The minimum Gasteiger partial charge on any atom is -0.507 e. The lowest BCUT2D eigenvalue weighted by Gasteiger charge is -2.12. The van der Waals surface area contributed by atoms with E-state index in [0.717, 1.165) is 56.1 Å². The lowest BCUT2D eigenvalue weighted by molar-refractivity contribution is -0.116. The van der Waals surface area contributed by atoms with Crippen molar-refractivity contribution in [3.8, 4) is 28.0 Å². The van der Waals surface area contributed by atoms with Gasteiger partial charge in [0.15, 0.2) is 0 Å². The minimum atomic E-state index is 0.0472. The van der Waals surface area contributed by atoms with E-state index in [9.17, 15) is 9.90 Å². The number of amides is 1. The first-order valence-corrected chi connectivity index (χ1v) is 12.5. The molecule has 0 saturated heterocycles. The molecule has 0 heterocycles. The average Bonchev–Trinajstić information content (AvgIpc) is 2.85. The van der Waals surface area contributed by atoms with Crippen molar-refractivity contribution in [2.24, 2.45) is 0 Å². The SMILES string of the molecule is Cc1cccc(C)c1NC(=O)CCCSc1cc(-c2ccccc2)cc(-c2ccccc2O)c1. The van der Waals surface area contributed by atoms with Crippen LogP contribution >= 0.6 is 11.8 Å². The van der Waals surface area contributed by atoms with Crippen LogP contribution in [0.4, 0.5) is 5.69 Å². The molecule has 3 nitrogen and oxygen atoms in total. The molecular weight excluding hydrogens is 438 g/mol. The average molecular weight is 468 g/mol. The Bertz CT molecular complexity index is 1260. The van der Waals surface area contributed by atoms with E-state index >= 15 is 0 Å². The molecule has 0 aliphatic heterocycles. The molecule has 0 saturated carbocycles. The molecule has 4 aromatic carbocycles. The summed E-state index contributed by atoms with van der Waals surface area (Å²) < 4.78 is 0. The van der Waals surface area contributed by atoms with Gasteiger partial charge >= 0.3 is 0 Å². The van der Waals surface area contributed by atoms with Gasteiger partial charge in [-0.3, -0.25) is 4.79 Å². The molecule has 0 atom stereocenters. The van der Waals surface area contributed by atoms with E-state index in [2.05, 4.69) is 35.6 Å². The molecule has 4 aromatic rings. The Balaban J connectivity index is 1.45. The van der Waals surface area contributed by atoms with Crippen LogP contribution in [-0.4, -0.2) is 16.8 Å². The van der Waals surface area contributed by atoms with Crippen LogP contribution in [0, 0.1) is 13.8 Å². The third-order valence-electron chi connectivity index (χ3n) is 5.79. The van der Waals surface area contributed by atoms with Gasteiger partial charge in [0.25, 0.3) is 0 Å². The standard InChI is InChI=1S/C30H29NO2S/c1-21-10-8-11-22(2)30(21)31-29(33)16-9-17-34-26-19-24(23-12-4-3-5-13-23)18-25(20-26)27-14-6-7-15-28(27)32/h3-8,10-15,18-20,32H,9,16-17H2,1-2H3,(H,31,33). The highest BCUT2D eigenvalue weighted by Gasteiger charge is 2.10. The van der Waals surface area contributed by atoms with E-state index < -0.39 is 0 Å². The normalized spacial score (nSPS) is 10.8. The smallest absolute Gasteiger partial charge is 0.224 e. The van der Waals surface area contributed by atoms with E-state index in [1.54, 1.807) is 17.8 Å². The fraction of sp³-hybridized carbons (Fsp3) is 0.167. The number of hydrogen-bond donors (Lipinski definition) is 2. The van der Waals surface area contributed by atoms with Gasteiger partial charge in [0, 0.05) is 22.6 Å². The third kappa shape index (κ3) is 5.89. The van der Waals surface area contributed by atoms with Crippen LogP contribution in [0.2, 0.25) is 0 Å². The van der Waals surface area contributed by atoms with Gasteiger partial charge < -0.3 is 10.4 Å². The number of thioether (sulfide) groups is 1. The van der Waals surface area contributed by atoms with Gasteiger partial charge in [-0.1, -0.05) is 66.7 Å². The van der Waals surface area contributed by atoms with Crippen LogP contribution in [0.25, 0.3) is 22.3 Å². The van der Waals surface area contributed by atoms with E-state index in [0.29, 0.717) is 6.42 Å². The largest absolute Gasteiger partial charge is 0.507 e. The summed E-state index contributed by atoms with van der Waals surface area (Å²) in [6.07, 6.45) is 1.26. The Labute approximate surface area is 205 Å². The number of carbonyl (C=O) groups is 1. The highest BCUT2D eigenvalue weighted by Crippen LogP contribution is 2.36. The molecule has 0 radical (unpaired) electrons. The zero-order valence-corrected chi connectivity index (χ0v) is 20.4. The summed E-state index contributed by atoms with van der Waals surface area (Å²) in [7, 11) is 0. The second-order valence-corrected chi connectivity index (χ2v) is 9.56. The number of para-hydroxylation sites is 2. The number of benzene rings is 4. The summed E-state index contributed by atoms with van der Waals surface area (Å²) in [6.45, 7) is 4.03. The molecule has 0 aliphatic carbocycles. The number of anilines is 1. The summed E-state index contributed by atoms with van der Waals surface area (Å²) in [5.41, 5.74) is 7.12. The zero-order chi connectivity index (χ0) is 23.9. The van der Waals surface area contributed by atoms with Crippen molar-refractivity contribution in [1.29, 1.82) is 0 Å². The second-order valence-electron chi connectivity index (χ2n) is 8.40. The molecule has 4 rings (SSSR count). The lowest BCUT2D eigenvalue weighted by Crippen LogP contribution is -2.13. The summed E-state index contributed by atoms with van der Waals surface area (Å²) in [6, 6.07) is 30.1. The Kier molecular flexibility index (Phi) is 7.71. The van der Waals surface area contributed by atoms with Crippen molar-refractivity contribution in [2.45, 2.75) is 31.6 Å². The van der Waals surface area contributed by atoms with Crippen LogP contribution in [0.15, 0.2) is 95.9 Å². The van der Waals surface area contributed by atoms with Crippen LogP contribution < -0.4 is 5.32 Å². The summed E-state index contributed by atoms with van der Waals surface area (Å²) in [5.74, 6) is 1.15. The fourth-order valence-corrected chi connectivity index (χ4v) is 4.93. The van der Waals surface area contributed by atoms with Gasteiger partial charge in [-0.25, -0.2) is 0 Å². The monoisotopic (exact) mass is 467 g/mol. The summed E-state index contributed by atoms with van der Waals surface area (Å²) in [4.78, 5) is 13.6. The van der Waals surface area contributed by atoms with Gasteiger partial charge in [-0.15, -0.1) is 11.8 Å². The van der Waals surface area contributed by atoms with Crippen LogP contribution in [0.3, 0.4) is 0 Å². The lowest BCUT2D eigenvalue weighted by atomic mass is 9.98. The van der Waals surface area contributed by atoms with E-state index in [1.165, 1.54) is 0 Å². The highest BCUT2D eigenvalue weighted by atomic mass is 32.2. The molecule has 0 unspecified atom stereocenters. The molecule has 2 N–H and O–H groups in total. The molecule has 34 heavy (non-hydrogen) atoms. The van der Waals surface area contributed by atoms with Gasteiger partial charge in [-0.2, -0.15) is 0 Å². The molecule has 0 fully saturated rings. The van der Waals surface area contributed by atoms with E-state index in [1.807, 2.05) is 68.4 Å². The number of carbonyl (C=O) groups excluding carboxylic acids is 1. The first-order chi connectivity index (χ1) is 16.5. The predicted octanol–water partition coefficient (Wildman–Crippen LogP) is 7.85. The molecular formula is C30H29NO2S. The maximum absolute atomic E-state index is 12.5. The van der Waals surface area contributed by atoms with Crippen molar-refractivity contribution in [1.82, 2.24) is 0 Å². The van der Waals surface area contributed by atoms with Crippen molar-refractivity contribution < 1.29 is 9.90 Å². The summed E-state index contributed by atoms with van der Waals surface area (Å²) >= 11 is 1.74. The van der Waals surface area contributed by atoms with Crippen molar-refractivity contribution in [2.75, 3.05) is 11.1 Å². The number of aromatic hydroxyl groups is 1. The van der Waals surface area contributed by atoms with Gasteiger partial charge in [0.2, 0.25) is 5.91 Å². The molecule has 0 aromatic heterocycles. The molecule has 172 valence electrons. The van der Waals surface area contributed by atoms with Crippen LogP contribution in [-0.2, 0) is 4.79 Å². The van der Waals surface area contributed by atoms with Crippen molar-refractivity contribution in [3.63, 3.8) is 0 Å². The molecule has 1 amide bonds.